The Labute approximate surface area is 128 Å². The molecule has 0 saturated heterocycles. The molecule has 0 unspecified atom stereocenters. The molecule has 0 spiro atoms. The number of nitrogens with one attached hydrogen (secondary N) is 1. The van der Waals surface area contributed by atoms with Crippen molar-refractivity contribution < 1.29 is 0 Å². The number of rotatable bonds is 3. The van der Waals surface area contributed by atoms with Crippen molar-refractivity contribution in [2.24, 2.45) is 0 Å². The number of hydrogen-bond donors (Lipinski definition) is 1. The van der Waals surface area contributed by atoms with E-state index in [1.807, 2.05) is 44.2 Å². The molecule has 0 saturated carbocycles. The van der Waals surface area contributed by atoms with Gasteiger partial charge in [-0.2, -0.15) is 0 Å². The molecule has 0 fully saturated rings. The van der Waals surface area contributed by atoms with Crippen LogP contribution < -0.4 is 5.32 Å². The van der Waals surface area contributed by atoms with Gasteiger partial charge in [-0.15, -0.1) is 0 Å². The number of anilines is 1. The molecule has 2 rings (SSSR count). The van der Waals surface area contributed by atoms with Gasteiger partial charge >= 0.3 is 0 Å². The quantitative estimate of drug-likeness (QED) is 0.746. The molecule has 0 amide bonds. The van der Waals surface area contributed by atoms with Crippen molar-refractivity contribution in [3.63, 3.8) is 0 Å². The van der Waals surface area contributed by atoms with Gasteiger partial charge in [0.25, 0.3) is 0 Å². The van der Waals surface area contributed by atoms with Gasteiger partial charge in [-0.05, 0) is 54.8 Å². The molecule has 0 aliphatic rings. The molecular weight excluding hydrogens is 301 g/mol. The third-order valence-corrected chi connectivity index (χ3v) is 3.98. The van der Waals surface area contributed by atoms with Gasteiger partial charge in [0.1, 0.15) is 0 Å². The molecule has 4 heteroatoms. The van der Waals surface area contributed by atoms with Crippen molar-refractivity contribution >= 4 is 40.5 Å². The van der Waals surface area contributed by atoms with Gasteiger partial charge in [0.05, 0.1) is 10.7 Å². The maximum atomic E-state index is 6.19. The molecular formula is C15H14Cl3N. The molecule has 0 radical (unpaired) electrons. The molecule has 19 heavy (non-hydrogen) atoms. The first-order chi connectivity index (χ1) is 8.97. The minimum Gasteiger partial charge on any atom is -0.380 e. The van der Waals surface area contributed by atoms with E-state index in [4.69, 9.17) is 34.8 Å². The normalized spacial score (nSPS) is 10.6. The van der Waals surface area contributed by atoms with Crippen LogP contribution in [0.3, 0.4) is 0 Å². The summed E-state index contributed by atoms with van der Waals surface area (Å²) in [5.74, 6) is 0. The monoisotopic (exact) mass is 313 g/mol. The van der Waals surface area contributed by atoms with Gasteiger partial charge in [0.2, 0.25) is 0 Å². The Morgan fingerprint density at radius 3 is 2.32 bits per heavy atom. The van der Waals surface area contributed by atoms with E-state index in [1.165, 1.54) is 5.56 Å². The van der Waals surface area contributed by atoms with Crippen molar-refractivity contribution in [2.45, 2.75) is 20.4 Å². The highest BCUT2D eigenvalue weighted by atomic mass is 35.5. The van der Waals surface area contributed by atoms with Crippen molar-refractivity contribution in [2.75, 3.05) is 5.32 Å². The van der Waals surface area contributed by atoms with Gasteiger partial charge in [-0.3, -0.25) is 0 Å². The highest BCUT2D eigenvalue weighted by molar-refractivity contribution is 6.35. The standard InChI is InChI=1S/C15H14Cl3N/c1-9-5-12(16)4-3-11(9)8-19-15-7-13(17)10(2)6-14(15)18/h3-7,19H,8H2,1-2H3. The Hall–Kier alpha value is -0.890. The summed E-state index contributed by atoms with van der Waals surface area (Å²) in [5.41, 5.74) is 4.14. The zero-order valence-corrected chi connectivity index (χ0v) is 13.0. The molecule has 1 nitrogen and oxygen atoms in total. The lowest BCUT2D eigenvalue weighted by atomic mass is 10.1. The van der Waals surface area contributed by atoms with Crippen LogP contribution in [0.4, 0.5) is 5.69 Å². The number of benzene rings is 2. The zero-order chi connectivity index (χ0) is 14.0. The Kier molecular flexibility index (Phi) is 4.62. The summed E-state index contributed by atoms with van der Waals surface area (Å²) >= 11 is 18.2. The van der Waals surface area contributed by atoms with Gasteiger partial charge in [-0.25, -0.2) is 0 Å². The third kappa shape index (κ3) is 3.56. The van der Waals surface area contributed by atoms with Crippen LogP contribution in [0.5, 0.6) is 0 Å². The van der Waals surface area contributed by atoms with Gasteiger partial charge in [0, 0.05) is 16.6 Å². The number of hydrogen-bond acceptors (Lipinski definition) is 1. The Bertz CT molecular complexity index is 609. The lowest BCUT2D eigenvalue weighted by Crippen LogP contribution is -2.02. The Morgan fingerprint density at radius 2 is 1.63 bits per heavy atom. The Balaban J connectivity index is 2.16. The molecule has 1 N–H and O–H groups in total. The van der Waals surface area contributed by atoms with E-state index in [9.17, 15) is 0 Å². The summed E-state index contributed by atoms with van der Waals surface area (Å²) in [7, 11) is 0. The second-order valence-electron chi connectivity index (χ2n) is 4.51. The maximum Gasteiger partial charge on any atom is 0.0641 e. The van der Waals surface area contributed by atoms with Crippen LogP contribution in [-0.4, -0.2) is 0 Å². The van der Waals surface area contributed by atoms with Crippen molar-refractivity contribution in [1.82, 2.24) is 0 Å². The van der Waals surface area contributed by atoms with E-state index in [0.717, 1.165) is 21.8 Å². The van der Waals surface area contributed by atoms with Crippen LogP contribution in [0, 0.1) is 13.8 Å². The molecule has 0 atom stereocenters. The van der Waals surface area contributed by atoms with Gasteiger partial charge < -0.3 is 5.32 Å². The van der Waals surface area contributed by atoms with Crippen LogP contribution in [0.15, 0.2) is 30.3 Å². The van der Waals surface area contributed by atoms with E-state index in [1.54, 1.807) is 0 Å². The first-order valence-corrected chi connectivity index (χ1v) is 7.05. The first kappa shape index (κ1) is 14.5. The van der Waals surface area contributed by atoms with E-state index >= 15 is 0 Å². The highest BCUT2D eigenvalue weighted by Gasteiger charge is 2.05. The van der Waals surface area contributed by atoms with E-state index in [2.05, 4.69) is 5.32 Å². The summed E-state index contributed by atoms with van der Waals surface area (Å²) in [5, 5.41) is 5.43. The van der Waals surface area contributed by atoms with Crippen LogP contribution in [0.2, 0.25) is 15.1 Å². The Morgan fingerprint density at radius 1 is 0.895 bits per heavy atom. The molecule has 0 aromatic heterocycles. The summed E-state index contributed by atoms with van der Waals surface area (Å²) < 4.78 is 0. The fourth-order valence-electron chi connectivity index (χ4n) is 1.83. The van der Waals surface area contributed by atoms with E-state index in [0.29, 0.717) is 16.6 Å². The number of aryl methyl sites for hydroxylation is 2. The van der Waals surface area contributed by atoms with E-state index < -0.39 is 0 Å². The maximum absolute atomic E-state index is 6.19. The molecule has 2 aromatic rings. The minimum absolute atomic E-state index is 0.675. The highest BCUT2D eigenvalue weighted by Crippen LogP contribution is 2.29. The molecule has 2 aromatic carbocycles. The molecule has 0 heterocycles. The molecule has 0 aliphatic heterocycles. The van der Waals surface area contributed by atoms with E-state index in [-0.39, 0.29) is 0 Å². The third-order valence-electron chi connectivity index (χ3n) is 3.02. The lowest BCUT2D eigenvalue weighted by Gasteiger charge is -2.12. The first-order valence-electron chi connectivity index (χ1n) is 5.92. The van der Waals surface area contributed by atoms with Crippen LogP contribution in [0.25, 0.3) is 0 Å². The number of halogens is 3. The van der Waals surface area contributed by atoms with Crippen molar-refractivity contribution in [1.29, 1.82) is 0 Å². The zero-order valence-electron chi connectivity index (χ0n) is 10.7. The molecule has 100 valence electrons. The van der Waals surface area contributed by atoms with Gasteiger partial charge in [0.15, 0.2) is 0 Å². The largest absolute Gasteiger partial charge is 0.380 e. The minimum atomic E-state index is 0.675. The van der Waals surface area contributed by atoms with Crippen LogP contribution in [0.1, 0.15) is 16.7 Å². The average Bonchev–Trinajstić information content (AvgIpc) is 2.34. The second kappa shape index (κ2) is 6.04. The second-order valence-corrected chi connectivity index (χ2v) is 5.76. The van der Waals surface area contributed by atoms with Crippen molar-refractivity contribution in [3.8, 4) is 0 Å². The lowest BCUT2D eigenvalue weighted by molar-refractivity contribution is 1.12. The summed E-state index contributed by atoms with van der Waals surface area (Å²) in [4.78, 5) is 0. The summed E-state index contributed by atoms with van der Waals surface area (Å²) in [6, 6.07) is 9.55. The predicted octanol–water partition coefficient (Wildman–Crippen LogP) is 5.88. The van der Waals surface area contributed by atoms with Crippen molar-refractivity contribution in [3.05, 3.63) is 62.1 Å². The van der Waals surface area contributed by atoms with Crippen LogP contribution >= 0.6 is 34.8 Å². The average molecular weight is 315 g/mol. The summed E-state index contributed by atoms with van der Waals surface area (Å²) in [6.45, 7) is 4.65. The summed E-state index contributed by atoms with van der Waals surface area (Å²) in [6.07, 6.45) is 0. The van der Waals surface area contributed by atoms with Crippen LogP contribution in [-0.2, 0) is 6.54 Å². The topological polar surface area (TPSA) is 12.0 Å². The van der Waals surface area contributed by atoms with Gasteiger partial charge in [-0.1, -0.05) is 40.9 Å². The smallest absolute Gasteiger partial charge is 0.0641 e. The SMILES string of the molecule is Cc1cc(Cl)c(NCc2ccc(Cl)cc2C)cc1Cl. The predicted molar refractivity (Wildman–Crippen MR) is 84.7 cm³/mol. The molecule has 0 bridgehead atoms. The fraction of sp³-hybridized carbons (Fsp3) is 0.200. The molecule has 0 aliphatic carbocycles. The fourth-order valence-corrected chi connectivity index (χ4v) is 2.51.